The molecule has 0 atom stereocenters. The molecule has 0 bridgehead atoms. The van der Waals surface area contributed by atoms with Crippen LogP contribution in [0, 0.1) is 0 Å². The lowest BCUT2D eigenvalue weighted by Crippen LogP contribution is -2.45. The van der Waals surface area contributed by atoms with Crippen molar-refractivity contribution in [1.29, 1.82) is 0 Å². The molecule has 0 fully saturated rings. The summed E-state index contributed by atoms with van der Waals surface area (Å²) in [4.78, 5) is 10.0. The SMILES string of the molecule is CCCCN(CCN(CCN)CCN)CCN(CCNCCN)CCNCCN(CCC)CCN. The van der Waals surface area contributed by atoms with Crippen LogP contribution < -0.4 is 33.6 Å². The molecular weight excluding hydrogens is 440 g/mol. The fourth-order valence-electron chi connectivity index (χ4n) is 4.22. The van der Waals surface area contributed by atoms with Gasteiger partial charge in [-0.05, 0) is 25.9 Å². The van der Waals surface area contributed by atoms with Crippen molar-refractivity contribution in [2.45, 2.75) is 33.1 Å². The maximum Gasteiger partial charge on any atom is 0.0110 e. The monoisotopic (exact) mass is 503 g/mol. The Morgan fingerprint density at radius 1 is 0.400 bits per heavy atom. The Bertz CT molecular complexity index is 404. The summed E-state index contributed by atoms with van der Waals surface area (Å²) < 4.78 is 0. The zero-order valence-electron chi connectivity index (χ0n) is 23.4. The van der Waals surface area contributed by atoms with E-state index in [1.165, 1.54) is 19.3 Å². The number of rotatable bonds is 28. The van der Waals surface area contributed by atoms with E-state index >= 15 is 0 Å². The van der Waals surface area contributed by atoms with E-state index in [0.717, 1.165) is 111 Å². The molecule has 0 spiro atoms. The molecule has 0 rings (SSSR count). The third kappa shape index (κ3) is 21.4. The molecule has 0 saturated carbocycles. The highest BCUT2D eigenvalue weighted by atomic mass is 15.2. The number of hydrogen-bond acceptors (Lipinski definition) is 10. The molecule has 0 unspecified atom stereocenters. The standard InChI is InChI=1S/C25H62N10/c1-3-5-15-33(22-24-34(17-8-28)18-9-29)23-25-35(20-11-30-10-6-26)21-13-31-12-19-32(14-4-2)16-7-27/h30-31H,3-29H2,1-2H3. The Kier molecular flexibility index (Phi) is 26.4. The first-order valence-electron chi connectivity index (χ1n) is 14.3. The molecule has 0 heterocycles. The van der Waals surface area contributed by atoms with Crippen LogP contribution in [0.3, 0.4) is 0 Å². The Hall–Kier alpha value is -0.400. The van der Waals surface area contributed by atoms with Gasteiger partial charge in [-0.2, -0.15) is 0 Å². The maximum atomic E-state index is 5.80. The molecule has 0 aliphatic rings. The molecule has 0 amide bonds. The number of unbranched alkanes of at least 4 members (excludes halogenated alkanes) is 1. The Labute approximate surface area is 217 Å². The predicted molar refractivity (Wildman–Crippen MR) is 153 cm³/mol. The van der Waals surface area contributed by atoms with Crippen LogP contribution in [0.15, 0.2) is 0 Å². The van der Waals surface area contributed by atoms with Gasteiger partial charge < -0.3 is 43.4 Å². The van der Waals surface area contributed by atoms with E-state index in [1.807, 2.05) is 0 Å². The van der Waals surface area contributed by atoms with Gasteiger partial charge in [-0.15, -0.1) is 0 Å². The lowest BCUT2D eigenvalue weighted by atomic mass is 10.3. The summed E-state index contributed by atoms with van der Waals surface area (Å²) in [5.41, 5.74) is 23.0. The molecule has 10 nitrogen and oxygen atoms in total. The van der Waals surface area contributed by atoms with Crippen LogP contribution in [0.25, 0.3) is 0 Å². The smallest absolute Gasteiger partial charge is 0.0110 e. The van der Waals surface area contributed by atoms with Crippen LogP contribution in [-0.4, -0.2) is 150 Å². The first kappa shape index (κ1) is 34.6. The zero-order valence-corrected chi connectivity index (χ0v) is 23.4. The van der Waals surface area contributed by atoms with Gasteiger partial charge in [-0.3, -0.25) is 9.80 Å². The second-order valence-electron chi connectivity index (χ2n) is 9.37. The van der Waals surface area contributed by atoms with Gasteiger partial charge in [0, 0.05) is 118 Å². The lowest BCUT2D eigenvalue weighted by Gasteiger charge is -2.30. The number of nitrogens with zero attached hydrogens (tertiary/aromatic N) is 4. The minimum absolute atomic E-state index is 0.686. The summed E-state index contributed by atoms with van der Waals surface area (Å²) in [6.45, 7) is 23.7. The topological polar surface area (TPSA) is 141 Å². The Morgan fingerprint density at radius 3 is 1.20 bits per heavy atom. The number of hydrogen-bond donors (Lipinski definition) is 6. The van der Waals surface area contributed by atoms with E-state index in [9.17, 15) is 0 Å². The second-order valence-corrected chi connectivity index (χ2v) is 9.37. The summed E-state index contributed by atoms with van der Waals surface area (Å²) in [5.74, 6) is 0. The summed E-state index contributed by atoms with van der Waals surface area (Å²) >= 11 is 0. The fourth-order valence-corrected chi connectivity index (χ4v) is 4.22. The number of nitrogens with one attached hydrogen (secondary N) is 2. The predicted octanol–water partition coefficient (Wildman–Crippen LogP) is -1.58. The van der Waals surface area contributed by atoms with Crippen molar-refractivity contribution in [1.82, 2.24) is 30.2 Å². The average Bonchev–Trinajstić information content (AvgIpc) is 2.85. The van der Waals surface area contributed by atoms with Gasteiger partial charge in [-0.25, -0.2) is 0 Å². The Morgan fingerprint density at radius 2 is 0.800 bits per heavy atom. The maximum absolute atomic E-state index is 5.80. The largest absolute Gasteiger partial charge is 0.329 e. The van der Waals surface area contributed by atoms with E-state index in [1.54, 1.807) is 0 Å². The van der Waals surface area contributed by atoms with Gasteiger partial charge in [0.1, 0.15) is 0 Å². The molecule has 0 saturated heterocycles. The zero-order chi connectivity index (χ0) is 26.0. The quantitative estimate of drug-likeness (QED) is 0.0694. The molecule has 212 valence electrons. The van der Waals surface area contributed by atoms with E-state index in [4.69, 9.17) is 22.9 Å². The van der Waals surface area contributed by atoms with Gasteiger partial charge in [0.05, 0.1) is 0 Å². The summed E-state index contributed by atoms with van der Waals surface area (Å²) in [6, 6.07) is 0. The average molecular weight is 503 g/mol. The first-order valence-corrected chi connectivity index (χ1v) is 14.3. The van der Waals surface area contributed by atoms with Gasteiger partial charge in [0.25, 0.3) is 0 Å². The summed E-state index contributed by atoms with van der Waals surface area (Å²) in [6.07, 6.45) is 3.64. The molecule has 0 aromatic rings. The normalized spacial score (nSPS) is 12.2. The van der Waals surface area contributed by atoms with Crippen molar-refractivity contribution >= 4 is 0 Å². The van der Waals surface area contributed by atoms with Crippen LogP contribution in [0.1, 0.15) is 33.1 Å². The first-order chi connectivity index (χ1) is 17.1. The van der Waals surface area contributed by atoms with Crippen molar-refractivity contribution in [2.24, 2.45) is 22.9 Å². The molecule has 35 heavy (non-hydrogen) atoms. The third-order valence-corrected chi connectivity index (χ3v) is 6.30. The van der Waals surface area contributed by atoms with Crippen molar-refractivity contribution < 1.29 is 0 Å². The molecule has 0 aromatic carbocycles. The van der Waals surface area contributed by atoms with Crippen LogP contribution in [0.4, 0.5) is 0 Å². The highest BCUT2D eigenvalue weighted by Crippen LogP contribution is 1.99. The van der Waals surface area contributed by atoms with Gasteiger partial charge in [0.15, 0.2) is 0 Å². The fraction of sp³-hybridized carbons (Fsp3) is 1.00. The van der Waals surface area contributed by atoms with Crippen LogP contribution in [0.5, 0.6) is 0 Å². The molecule has 10 heteroatoms. The number of nitrogens with two attached hydrogens (primary N) is 4. The van der Waals surface area contributed by atoms with E-state index < -0.39 is 0 Å². The van der Waals surface area contributed by atoms with Crippen LogP contribution in [-0.2, 0) is 0 Å². The molecule has 0 aliphatic carbocycles. The van der Waals surface area contributed by atoms with E-state index in [0.29, 0.717) is 19.6 Å². The van der Waals surface area contributed by atoms with Crippen molar-refractivity contribution in [3.63, 3.8) is 0 Å². The van der Waals surface area contributed by atoms with Gasteiger partial charge in [0.2, 0.25) is 0 Å². The van der Waals surface area contributed by atoms with Crippen molar-refractivity contribution in [2.75, 3.05) is 131 Å². The highest BCUT2D eigenvalue weighted by molar-refractivity contribution is 4.69. The summed E-state index contributed by atoms with van der Waals surface area (Å²) in [7, 11) is 0. The van der Waals surface area contributed by atoms with Gasteiger partial charge in [-0.1, -0.05) is 20.3 Å². The molecule has 0 radical (unpaired) electrons. The summed E-state index contributed by atoms with van der Waals surface area (Å²) in [5, 5.41) is 7.10. The molecule has 0 aromatic heterocycles. The van der Waals surface area contributed by atoms with Crippen LogP contribution >= 0.6 is 0 Å². The van der Waals surface area contributed by atoms with Crippen molar-refractivity contribution in [3.8, 4) is 0 Å². The molecular formula is C25H62N10. The Balaban J connectivity index is 4.62. The molecule has 0 aliphatic heterocycles. The third-order valence-electron chi connectivity index (χ3n) is 6.30. The van der Waals surface area contributed by atoms with E-state index in [2.05, 4.69) is 44.1 Å². The van der Waals surface area contributed by atoms with Gasteiger partial charge >= 0.3 is 0 Å². The molecule has 10 N–H and O–H groups in total. The van der Waals surface area contributed by atoms with Crippen molar-refractivity contribution in [3.05, 3.63) is 0 Å². The highest BCUT2D eigenvalue weighted by Gasteiger charge is 2.12. The minimum Gasteiger partial charge on any atom is -0.329 e. The lowest BCUT2D eigenvalue weighted by molar-refractivity contribution is 0.176. The minimum atomic E-state index is 0.686. The van der Waals surface area contributed by atoms with E-state index in [-0.39, 0.29) is 0 Å². The second kappa shape index (κ2) is 26.7. The van der Waals surface area contributed by atoms with Crippen LogP contribution in [0.2, 0.25) is 0 Å².